The summed E-state index contributed by atoms with van der Waals surface area (Å²) in [7, 11) is -10.7. The summed E-state index contributed by atoms with van der Waals surface area (Å²) >= 11 is 2.01. The third kappa shape index (κ3) is 7.00. The van der Waals surface area contributed by atoms with E-state index in [0.29, 0.717) is 0 Å². The quantitative estimate of drug-likeness (QED) is 0.300. The molecule has 0 atom stereocenters. The van der Waals surface area contributed by atoms with Gasteiger partial charge in [0.1, 0.15) is 0 Å². The number of hydrogen-bond donors (Lipinski definition) is 0. The van der Waals surface area contributed by atoms with Gasteiger partial charge in [0.05, 0.1) is 0 Å². The maximum atomic E-state index is 9.87. The Labute approximate surface area is 138 Å². The van der Waals surface area contributed by atoms with Crippen molar-refractivity contribution in [3.05, 3.63) is 58.3 Å². The first-order valence-electron chi connectivity index (χ1n) is 6.26. The second-order valence-corrected chi connectivity index (χ2v) is 10.1. The molecule has 23 heavy (non-hydrogen) atoms. The van der Waals surface area contributed by atoms with Crippen molar-refractivity contribution in [2.24, 2.45) is 0 Å². The zero-order valence-electron chi connectivity index (χ0n) is 11.7. The van der Waals surface area contributed by atoms with Crippen molar-refractivity contribution in [2.75, 3.05) is 0 Å². The Hall–Kier alpha value is -0.941. The molecule has 0 unspecified atom stereocenters. The fourth-order valence-electron chi connectivity index (χ4n) is 1.90. The van der Waals surface area contributed by atoms with E-state index in [1.165, 1.54) is 16.0 Å². The van der Waals surface area contributed by atoms with E-state index in [-0.39, 0.29) is 14.5 Å². The predicted octanol–water partition coefficient (Wildman–Crippen LogP) is 5.83. The van der Waals surface area contributed by atoms with E-state index in [1.54, 1.807) is 8.88 Å². The van der Waals surface area contributed by atoms with Crippen molar-refractivity contribution in [1.29, 1.82) is 0 Å². The summed E-state index contributed by atoms with van der Waals surface area (Å²) in [6.07, 6.45) is 2.37. The average molecular weight is 436 g/mol. The van der Waals surface area contributed by atoms with Crippen LogP contribution in [0.4, 0.5) is 25.2 Å². The second kappa shape index (κ2) is 5.55. The molecule has 2 heterocycles. The summed E-state index contributed by atoms with van der Waals surface area (Å²) in [6.45, 7) is 2.22. The van der Waals surface area contributed by atoms with Crippen molar-refractivity contribution in [1.82, 2.24) is 0 Å². The zero-order chi connectivity index (χ0) is 17.4. The first-order valence-corrected chi connectivity index (χ1v) is 11.0. The molecule has 0 N–H and O–H groups in total. The van der Waals surface area contributed by atoms with E-state index >= 15 is 0 Å². The van der Waals surface area contributed by atoms with Gasteiger partial charge in [-0.15, -0.1) is 0 Å². The van der Waals surface area contributed by atoms with Gasteiger partial charge in [-0.2, -0.15) is 0 Å². The van der Waals surface area contributed by atoms with Crippen molar-refractivity contribution < 1.29 is 25.2 Å². The maximum absolute atomic E-state index is 10.7. The van der Waals surface area contributed by atoms with Crippen LogP contribution in [-0.4, -0.2) is 18.9 Å². The average Bonchev–Trinajstić information content (AvgIpc) is 2.88. The second-order valence-electron chi connectivity index (χ2n) is 4.78. The van der Waals surface area contributed by atoms with E-state index < -0.39 is 7.81 Å². The number of thiophene rings is 1. The molecule has 0 nitrogen and oxygen atoms in total. The van der Waals surface area contributed by atoms with Crippen LogP contribution in [0.25, 0.3) is 5.57 Å². The molecule has 0 saturated carbocycles. The van der Waals surface area contributed by atoms with Crippen molar-refractivity contribution in [3.8, 4) is 0 Å². The Bertz CT molecular complexity index is 764. The molecule has 1 aromatic carbocycles. The third-order valence-electron chi connectivity index (χ3n) is 2.70. The Morgan fingerprint density at radius 1 is 0.913 bits per heavy atom. The predicted molar refractivity (Wildman–Crippen MR) is 88.9 cm³/mol. The standard InChI is InChI=1S/C14H12SSe.F6P/c1-10-9-14(12-6-4-8-15-12)16-13-7-3-2-5-11(10)13;1-7(2,3,4,5)6/h2-9,16H,1H3;/q;-1. The monoisotopic (exact) mass is 437 g/mol. The summed E-state index contributed by atoms with van der Waals surface area (Å²) in [4.78, 5) is 1.44. The molecule has 0 aliphatic carbocycles. The number of rotatable bonds is 1. The Morgan fingerprint density at radius 2 is 1.52 bits per heavy atom. The summed E-state index contributed by atoms with van der Waals surface area (Å²) < 4.78 is 62.3. The molecule has 0 radical (unpaired) electrons. The van der Waals surface area contributed by atoms with Crippen LogP contribution in [-0.2, 0) is 0 Å². The van der Waals surface area contributed by atoms with E-state index in [1.807, 2.05) is 11.3 Å². The van der Waals surface area contributed by atoms with Gasteiger partial charge < -0.3 is 0 Å². The number of hydrogen-bond acceptors (Lipinski definition) is 1. The van der Waals surface area contributed by atoms with Gasteiger partial charge in [0, 0.05) is 0 Å². The van der Waals surface area contributed by atoms with Gasteiger partial charge in [-0.25, -0.2) is 0 Å². The van der Waals surface area contributed by atoms with Crippen LogP contribution in [0.15, 0.2) is 47.9 Å². The molecule has 1 aromatic heterocycles. The molecule has 1 aliphatic rings. The molecule has 1 aliphatic heterocycles. The number of fused-ring (bicyclic) bond motifs is 1. The molecule has 0 fully saturated rings. The van der Waals surface area contributed by atoms with Gasteiger partial charge in [-0.3, -0.25) is 0 Å². The molecule has 3 rings (SSSR count). The zero-order valence-corrected chi connectivity index (χ0v) is 15.3. The number of allylic oxidation sites excluding steroid dienone is 2. The van der Waals surface area contributed by atoms with Gasteiger partial charge in [0.2, 0.25) is 0 Å². The summed E-state index contributed by atoms with van der Waals surface area (Å²) in [5.41, 5.74) is 2.85. The van der Waals surface area contributed by atoms with Gasteiger partial charge in [-0.1, -0.05) is 0 Å². The summed E-state index contributed by atoms with van der Waals surface area (Å²) in [5, 5.41) is 2.16. The summed E-state index contributed by atoms with van der Waals surface area (Å²) in [5.74, 6) is 0. The van der Waals surface area contributed by atoms with Gasteiger partial charge in [0.25, 0.3) is 0 Å². The molecular formula is C14H12F6PSSe-. The van der Waals surface area contributed by atoms with E-state index in [9.17, 15) is 25.2 Å². The van der Waals surface area contributed by atoms with Crippen LogP contribution in [0.3, 0.4) is 0 Å². The first-order chi connectivity index (χ1) is 10.3. The van der Waals surface area contributed by atoms with Crippen LogP contribution < -0.4 is 4.46 Å². The molecule has 2 aromatic rings. The normalized spacial score (nSPS) is 17.2. The first kappa shape index (κ1) is 18.4. The molecule has 0 bridgehead atoms. The Morgan fingerprint density at radius 3 is 2.09 bits per heavy atom. The van der Waals surface area contributed by atoms with Gasteiger partial charge >= 0.3 is 139 Å². The minimum absolute atomic E-state index is 0.157. The van der Waals surface area contributed by atoms with Crippen LogP contribution in [0.5, 0.6) is 0 Å². The third-order valence-corrected chi connectivity index (χ3v) is 6.53. The Kier molecular flexibility index (Phi) is 4.44. The fourth-order valence-corrected chi connectivity index (χ4v) is 5.70. The molecule has 9 heteroatoms. The van der Waals surface area contributed by atoms with E-state index in [2.05, 4.69) is 54.8 Å². The number of benzene rings is 1. The van der Waals surface area contributed by atoms with Crippen LogP contribution in [0, 0.1) is 0 Å². The van der Waals surface area contributed by atoms with Crippen molar-refractivity contribution >= 4 is 48.1 Å². The van der Waals surface area contributed by atoms with Crippen molar-refractivity contribution in [2.45, 2.75) is 6.92 Å². The molecule has 0 spiro atoms. The van der Waals surface area contributed by atoms with E-state index in [0.717, 1.165) is 0 Å². The number of halogens is 6. The SMILES string of the molecule is CC1=CC(c2cccs2)=[SeH]c2ccccc21.F[P-](F)(F)(F)(F)F. The van der Waals surface area contributed by atoms with E-state index in [4.69, 9.17) is 0 Å². The van der Waals surface area contributed by atoms with Crippen molar-refractivity contribution in [3.63, 3.8) is 0 Å². The Balaban J connectivity index is 0.000000236. The fraction of sp³-hybridized carbons (Fsp3) is 0.0714. The molecule has 0 amide bonds. The minimum atomic E-state index is -10.7. The van der Waals surface area contributed by atoms with Crippen LogP contribution in [0.1, 0.15) is 17.4 Å². The molecular weight excluding hydrogens is 424 g/mol. The van der Waals surface area contributed by atoms with Gasteiger partial charge in [-0.05, 0) is 0 Å². The van der Waals surface area contributed by atoms with Crippen LogP contribution in [0.2, 0.25) is 0 Å². The topological polar surface area (TPSA) is 0 Å². The van der Waals surface area contributed by atoms with Gasteiger partial charge in [0.15, 0.2) is 0 Å². The van der Waals surface area contributed by atoms with Crippen LogP contribution >= 0.6 is 19.1 Å². The summed E-state index contributed by atoms with van der Waals surface area (Å²) in [6, 6.07) is 13.2. The molecule has 128 valence electrons. The molecule has 0 saturated heterocycles.